The van der Waals surface area contributed by atoms with Crippen molar-refractivity contribution < 1.29 is 4.79 Å². The predicted octanol–water partition coefficient (Wildman–Crippen LogP) is 4.17. The molecule has 0 fully saturated rings. The standard InChI is InChI=1S/C13H12Cl2N4OS2/c1-2-6-16-12-18-19-13(22-12)21-7-10(20)17-11-8(14)4-3-5-9(11)15/h2-5H,1,6-7H2,(H,16,18)(H,17,20). The molecule has 0 spiro atoms. The zero-order valence-corrected chi connectivity index (χ0v) is 14.5. The second-order valence-corrected chi connectivity index (χ2v) is 6.99. The largest absolute Gasteiger partial charge is 0.357 e. The molecular weight excluding hydrogens is 363 g/mol. The number of rotatable bonds is 7. The number of carbonyl (C=O) groups is 1. The topological polar surface area (TPSA) is 66.9 Å². The zero-order chi connectivity index (χ0) is 15.9. The maximum Gasteiger partial charge on any atom is 0.234 e. The molecule has 0 aliphatic rings. The number of thioether (sulfide) groups is 1. The van der Waals surface area contributed by atoms with Crippen molar-refractivity contribution in [1.82, 2.24) is 10.2 Å². The van der Waals surface area contributed by atoms with Gasteiger partial charge < -0.3 is 10.6 Å². The molecule has 0 saturated carbocycles. The van der Waals surface area contributed by atoms with Crippen LogP contribution >= 0.6 is 46.3 Å². The fraction of sp³-hybridized carbons (Fsp3) is 0.154. The lowest BCUT2D eigenvalue weighted by molar-refractivity contribution is -0.113. The third-order valence-corrected chi connectivity index (χ3v) is 5.00. The molecule has 2 rings (SSSR count). The lowest BCUT2D eigenvalue weighted by atomic mass is 10.3. The summed E-state index contributed by atoms with van der Waals surface area (Å²) in [5, 5.41) is 15.2. The van der Waals surface area contributed by atoms with Crippen LogP contribution in [0.4, 0.5) is 10.8 Å². The number of hydrogen-bond donors (Lipinski definition) is 2. The maximum absolute atomic E-state index is 11.9. The number of aromatic nitrogens is 2. The number of carbonyl (C=O) groups excluding carboxylic acids is 1. The van der Waals surface area contributed by atoms with E-state index in [1.54, 1.807) is 24.3 Å². The molecule has 116 valence electrons. The van der Waals surface area contributed by atoms with Crippen LogP contribution in [0.1, 0.15) is 0 Å². The van der Waals surface area contributed by atoms with Gasteiger partial charge in [0.2, 0.25) is 11.0 Å². The summed E-state index contributed by atoms with van der Waals surface area (Å²) in [5.74, 6) is -0.0201. The monoisotopic (exact) mass is 374 g/mol. The molecule has 22 heavy (non-hydrogen) atoms. The summed E-state index contributed by atoms with van der Waals surface area (Å²) < 4.78 is 0.701. The van der Waals surface area contributed by atoms with E-state index in [2.05, 4.69) is 27.4 Å². The Morgan fingerprint density at radius 2 is 2.09 bits per heavy atom. The fourth-order valence-electron chi connectivity index (χ4n) is 1.42. The van der Waals surface area contributed by atoms with Gasteiger partial charge in [-0.1, -0.05) is 58.4 Å². The van der Waals surface area contributed by atoms with Gasteiger partial charge in [0.25, 0.3) is 0 Å². The Balaban J connectivity index is 1.87. The molecule has 5 nitrogen and oxygen atoms in total. The number of benzene rings is 1. The van der Waals surface area contributed by atoms with Gasteiger partial charge >= 0.3 is 0 Å². The normalized spacial score (nSPS) is 10.3. The summed E-state index contributed by atoms with van der Waals surface area (Å²) in [6, 6.07) is 5.05. The number of para-hydroxylation sites is 1. The summed E-state index contributed by atoms with van der Waals surface area (Å²) in [4.78, 5) is 11.9. The lowest BCUT2D eigenvalue weighted by Crippen LogP contribution is -2.14. The van der Waals surface area contributed by atoms with Crippen LogP contribution in [-0.4, -0.2) is 28.4 Å². The van der Waals surface area contributed by atoms with Crippen LogP contribution in [0.3, 0.4) is 0 Å². The highest BCUT2D eigenvalue weighted by Gasteiger charge is 2.11. The minimum atomic E-state index is -0.212. The van der Waals surface area contributed by atoms with Crippen molar-refractivity contribution in [2.24, 2.45) is 0 Å². The molecule has 1 aromatic carbocycles. The first-order valence-corrected chi connectivity index (χ1v) is 8.71. The summed E-state index contributed by atoms with van der Waals surface area (Å²) in [6.07, 6.45) is 1.73. The molecule has 2 aromatic rings. The molecule has 0 unspecified atom stereocenters. The SMILES string of the molecule is C=CCNc1nnc(SCC(=O)Nc2c(Cl)cccc2Cl)s1. The molecule has 2 N–H and O–H groups in total. The van der Waals surface area contributed by atoms with Crippen LogP contribution in [0.15, 0.2) is 35.2 Å². The number of hydrogen-bond acceptors (Lipinski definition) is 6. The first kappa shape index (κ1) is 17.1. The van der Waals surface area contributed by atoms with Gasteiger partial charge in [-0.2, -0.15) is 0 Å². The second kappa shape index (κ2) is 8.38. The Morgan fingerprint density at radius 1 is 1.36 bits per heavy atom. The van der Waals surface area contributed by atoms with E-state index in [0.29, 0.717) is 31.7 Å². The molecule has 0 radical (unpaired) electrons. The van der Waals surface area contributed by atoms with Crippen molar-refractivity contribution in [3.63, 3.8) is 0 Å². The van der Waals surface area contributed by atoms with E-state index in [0.717, 1.165) is 0 Å². The lowest BCUT2D eigenvalue weighted by Gasteiger charge is -2.08. The van der Waals surface area contributed by atoms with Gasteiger partial charge in [-0.05, 0) is 12.1 Å². The molecule has 0 bridgehead atoms. The predicted molar refractivity (Wildman–Crippen MR) is 94.4 cm³/mol. The zero-order valence-electron chi connectivity index (χ0n) is 11.3. The Labute approximate surface area is 146 Å². The van der Waals surface area contributed by atoms with Gasteiger partial charge in [0.1, 0.15) is 0 Å². The highest BCUT2D eigenvalue weighted by Crippen LogP contribution is 2.30. The van der Waals surface area contributed by atoms with Crippen molar-refractivity contribution in [2.75, 3.05) is 22.9 Å². The van der Waals surface area contributed by atoms with Crippen LogP contribution in [0.5, 0.6) is 0 Å². The van der Waals surface area contributed by atoms with E-state index in [9.17, 15) is 4.79 Å². The van der Waals surface area contributed by atoms with Gasteiger partial charge in [0.15, 0.2) is 4.34 Å². The van der Waals surface area contributed by atoms with E-state index in [1.807, 2.05) is 0 Å². The fourth-order valence-corrected chi connectivity index (χ4v) is 3.47. The molecule has 0 aliphatic carbocycles. The Kier molecular flexibility index (Phi) is 6.50. The third-order valence-electron chi connectivity index (χ3n) is 2.36. The minimum Gasteiger partial charge on any atom is -0.357 e. The average molecular weight is 375 g/mol. The summed E-state index contributed by atoms with van der Waals surface area (Å²) in [6.45, 7) is 4.23. The smallest absolute Gasteiger partial charge is 0.234 e. The van der Waals surface area contributed by atoms with Crippen molar-refractivity contribution in [2.45, 2.75) is 4.34 Å². The Hall–Kier alpha value is -1.28. The van der Waals surface area contributed by atoms with Crippen LogP contribution in [0.25, 0.3) is 0 Å². The van der Waals surface area contributed by atoms with Crippen LogP contribution < -0.4 is 10.6 Å². The van der Waals surface area contributed by atoms with E-state index in [1.165, 1.54) is 23.1 Å². The van der Waals surface area contributed by atoms with Crippen LogP contribution in [-0.2, 0) is 4.79 Å². The van der Waals surface area contributed by atoms with E-state index in [-0.39, 0.29) is 11.7 Å². The van der Waals surface area contributed by atoms with Crippen molar-refractivity contribution in [1.29, 1.82) is 0 Å². The summed E-state index contributed by atoms with van der Waals surface area (Å²) >= 11 is 14.7. The van der Waals surface area contributed by atoms with Crippen LogP contribution in [0, 0.1) is 0 Å². The first-order valence-electron chi connectivity index (χ1n) is 6.15. The van der Waals surface area contributed by atoms with Crippen molar-refractivity contribution >= 4 is 63.0 Å². The summed E-state index contributed by atoms with van der Waals surface area (Å²) in [7, 11) is 0. The second-order valence-electron chi connectivity index (χ2n) is 3.98. The molecule has 0 saturated heterocycles. The van der Waals surface area contributed by atoms with E-state index in [4.69, 9.17) is 23.2 Å². The molecule has 1 heterocycles. The molecule has 1 amide bonds. The van der Waals surface area contributed by atoms with Crippen molar-refractivity contribution in [3.05, 3.63) is 40.9 Å². The number of nitrogens with one attached hydrogen (secondary N) is 2. The Bertz CT molecular complexity index is 658. The quantitative estimate of drug-likeness (QED) is 0.562. The van der Waals surface area contributed by atoms with Gasteiger partial charge in [0.05, 0.1) is 21.5 Å². The number of nitrogens with zero attached hydrogens (tertiary/aromatic N) is 2. The maximum atomic E-state index is 11.9. The average Bonchev–Trinajstić information content (AvgIpc) is 2.95. The highest BCUT2D eigenvalue weighted by atomic mass is 35.5. The number of halogens is 2. The van der Waals surface area contributed by atoms with Gasteiger partial charge in [-0.15, -0.1) is 16.8 Å². The van der Waals surface area contributed by atoms with Gasteiger partial charge in [-0.25, -0.2) is 0 Å². The number of amides is 1. The molecular formula is C13H12Cl2N4OS2. The first-order chi connectivity index (χ1) is 10.6. The van der Waals surface area contributed by atoms with E-state index >= 15 is 0 Å². The van der Waals surface area contributed by atoms with Crippen LogP contribution in [0.2, 0.25) is 10.0 Å². The molecule has 1 aromatic heterocycles. The third kappa shape index (κ3) is 4.88. The minimum absolute atomic E-state index is 0.192. The van der Waals surface area contributed by atoms with E-state index < -0.39 is 0 Å². The highest BCUT2D eigenvalue weighted by molar-refractivity contribution is 8.01. The van der Waals surface area contributed by atoms with Crippen molar-refractivity contribution in [3.8, 4) is 0 Å². The number of anilines is 2. The molecule has 0 aliphatic heterocycles. The molecule has 0 atom stereocenters. The Morgan fingerprint density at radius 3 is 2.77 bits per heavy atom. The molecule has 9 heteroatoms. The summed E-state index contributed by atoms with van der Waals surface area (Å²) in [5.41, 5.74) is 0.419. The van der Waals surface area contributed by atoms with Gasteiger partial charge in [-0.3, -0.25) is 4.79 Å². The van der Waals surface area contributed by atoms with Gasteiger partial charge in [0, 0.05) is 6.54 Å².